The number of hydrogen-bond donors (Lipinski definition) is 2. The Morgan fingerprint density at radius 3 is 2.83 bits per heavy atom. The van der Waals surface area contributed by atoms with Gasteiger partial charge in [0.05, 0.1) is 35.8 Å². The summed E-state index contributed by atoms with van der Waals surface area (Å²) in [5.41, 5.74) is 11.1. The third kappa shape index (κ3) is 3.30. The van der Waals surface area contributed by atoms with Crippen LogP contribution in [0.2, 0.25) is 0 Å². The maximum absolute atomic E-state index is 14.1. The molecule has 5 heterocycles. The number of hydrogen-bond acceptors (Lipinski definition) is 6. The van der Waals surface area contributed by atoms with Gasteiger partial charge in [-0.25, -0.2) is 9.37 Å². The summed E-state index contributed by atoms with van der Waals surface area (Å²) in [4.78, 5) is 11.3. The van der Waals surface area contributed by atoms with Crippen LogP contribution in [-0.4, -0.2) is 55.2 Å². The first-order valence-corrected chi connectivity index (χ1v) is 9.93. The van der Waals surface area contributed by atoms with Crippen LogP contribution in [0.3, 0.4) is 0 Å². The van der Waals surface area contributed by atoms with Gasteiger partial charge in [0.25, 0.3) is 0 Å². The van der Waals surface area contributed by atoms with Crippen LogP contribution in [0.15, 0.2) is 36.8 Å². The van der Waals surface area contributed by atoms with E-state index in [4.69, 9.17) is 10.7 Å². The molecule has 2 atom stereocenters. The second-order valence-electron chi connectivity index (χ2n) is 7.93. The number of nitrogens with two attached hydrogens (primary N) is 1. The molecule has 0 aliphatic carbocycles. The van der Waals surface area contributed by atoms with Crippen molar-refractivity contribution >= 4 is 16.7 Å². The molecule has 1 aliphatic heterocycles. The van der Waals surface area contributed by atoms with Crippen molar-refractivity contribution in [1.29, 1.82) is 0 Å². The lowest BCUT2D eigenvalue weighted by molar-refractivity contribution is 0.268. The molecule has 0 unspecified atom stereocenters. The number of H-pyrrole nitrogens is 1. The van der Waals surface area contributed by atoms with Gasteiger partial charge >= 0.3 is 0 Å². The Kier molecular flexibility index (Phi) is 4.47. The van der Waals surface area contributed by atoms with Gasteiger partial charge in [0, 0.05) is 36.8 Å². The Balaban J connectivity index is 1.57. The molecule has 0 aromatic carbocycles. The highest BCUT2D eigenvalue weighted by atomic mass is 19.1. The van der Waals surface area contributed by atoms with Crippen molar-refractivity contribution in [2.75, 3.05) is 18.0 Å². The fraction of sp³-hybridized carbons (Fsp3) is 0.333. The van der Waals surface area contributed by atoms with Gasteiger partial charge in [0.1, 0.15) is 17.7 Å². The van der Waals surface area contributed by atoms with Crippen molar-refractivity contribution in [2.45, 2.75) is 25.6 Å². The highest BCUT2D eigenvalue weighted by Gasteiger charge is 2.27. The molecule has 1 fully saturated rings. The molecule has 4 aromatic heterocycles. The third-order valence-corrected chi connectivity index (χ3v) is 5.49. The van der Waals surface area contributed by atoms with E-state index in [0.29, 0.717) is 19.5 Å². The topological polar surface area (TPSA) is 102 Å². The quantitative estimate of drug-likeness (QED) is 0.542. The zero-order valence-electron chi connectivity index (χ0n) is 16.9. The Morgan fingerprint density at radius 2 is 2.07 bits per heavy atom. The number of pyridine rings is 2. The Labute approximate surface area is 172 Å². The number of aromatic amines is 1. The summed E-state index contributed by atoms with van der Waals surface area (Å²) in [6.07, 6.45) is 4.91. The summed E-state index contributed by atoms with van der Waals surface area (Å²) in [7, 11) is 1.87. The lowest BCUT2D eigenvalue weighted by Crippen LogP contribution is -2.48. The van der Waals surface area contributed by atoms with E-state index < -0.39 is 6.17 Å². The van der Waals surface area contributed by atoms with E-state index in [-0.39, 0.29) is 6.04 Å². The maximum Gasteiger partial charge on any atom is 0.132 e. The molecule has 1 saturated heterocycles. The van der Waals surface area contributed by atoms with Crippen LogP contribution < -0.4 is 10.6 Å². The summed E-state index contributed by atoms with van der Waals surface area (Å²) in [5, 5.41) is 12.7. The molecule has 1 aliphatic rings. The minimum absolute atomic E-state index is 0.196. The van der Waals surface area contributed by atoms with Crippen molar-refractivity contribution in [3.8, 4) is 22.6 Å². The number of halogens is 1. The summed E-state index contributed by atoms with van der Waals surface area (Å²) in [6.45, 7) is 2.88. The molecular weight excluding hydrogens is 383 g/mol. The molecule has 8 nitrogen and oxygen atoms in total. The Morgan fingerprint density at radius 1 is 1.20 bits per heavy atom. The van der Waals surface area contributed by atoms with Gasteiger partial charge in [-0.1, -0.05) is 6.07 Å². The van der Waals surface area contributed by atoms with Gasteiger partial charge in [-0.2, -0.15) is 10.2 Å². The number of piperidine rings is 1. The number of aryl methyl sites for hydroxylation is 2. The van der Waals surface area contributed by atoms with Crippen molar-refractivity contribution in [2.24, 2.45) is 12.8 Å². The highest BCUT2D eigenvalue weighted by Crippen LogP contribution is 2.31. The lowest BCUT2D eigenvalue weighted by Gasteiger charge is -2.34. The normalized spacial score (nSPS) is 19.5. The van der Waals surface area contributed by atoms with Crippen molar-refractivity contribution in [1.82, 2.24) is 29.9 Å². The molecule has 9 heteroatoms. The molecule has 0 amide bonds. The monoisotopic (exact) mass is 406 g/mol. The van der Waals surface area contributed by atoms with Crippen molar-refractivity contribution in [3.63, 3.8) is 0 Å². The van der Waals surface area contributed by atoms with Gasteiger partial charge < -0.3 is 10.6 Å². The fourth-order valence-corrected chi connectivity index (χ4v) is 4.04. The summed E-state index contributed by atoms with van der Waals surface area (Å²) in [5.74, 6) is 0.753. The van der Waals surface area contributed by atoms with E-state index in [9.17, 15) is 4.39 Å². The first-order chi connectivity index (χ1) is 14.5. The number of nitrogens with zero attached hydrogens (tertiary/aromatic N) is 6. The zero-order chi connectivity index (χ0) is 20.8. The molecule has 154 valence electrons. The van der Waals surface area contributed by atoms with Crippen LogP contribution in [0.4, 0.5) is 10.2 Å². The number of anilines is 1. The largest absolute Gasteiger partial charge is 0.352 e. The number of fused-ring (bicyclic) bond motifs is 1. The van der Waals surface area contributed by atoms with Gasteiger partial charge in [-0.3, -0.25) is 14.8 Å². The highest BCUT2D eigenvalue weighted by molar-refractivity contribution is 5.93. The summed E-state index contributed by atoms with van der Waals surface area (Å²) in [6, 6.07) is 5.73. The van der Waals surface area contributed by atoms with Crippen LogP contribution in [0.1, 0.15) is 12.0 Å². The minimum Gasteiger partial charge on any atom is -0.352 e. The number of rotatable bonds is 3. The fourth-order valence-electron chi connectivity index (χ4n) is 4.04. The van der Waals surface area contributed by atoms with E-state index in [1.165, 1.54) is 0 Å². The molecule has 0 saturated carbocycles. The molecule has 3 N–H and O–H groups in total. The van der Waals surface area contributed by atoms with E-state index in [2.05, 4.69) is 20.3 Å². The molecule has 0 spiro atoms. The standard InChI is InChI=1S/C21H23FN8/c1-12-3-4-17(26-21(12)30-10-14(22)5-15(23)11-30)20-16-6-18(13-7-25-29(2)9-13)24-8-19(16)27-28-20/h3-4,6-9,14-15H,5,10-11,23H2,1-2H3,(H,27,28)/t14-,15+/m1/s1. The van der Waals surface area contributed by atoms with Gasteiger partial charge in [0.2, 0.25) is 0 Å². The van der Waals surface area contributed by atoms with Crippen molar-refractivity contribution < 1.29 is 4.39 Å². The van der Waals surface area contributed by atoms with E-state index >= 15 is 0 Å². The SMILES string of the molecule is Cc1ccc(-c2n[nH]c3cnc(-c4cnn(C)c4)cc23)nc1N1C[C@@H](N)C[C@@H](F)C1. The second kappa shape index (κ2) is 7.17. The zero-order valence-corrected chi connectivity index (χ0v) is 16.9. The van der Waals surface area contributed by atoms with Crippen LogP contribution >= 0.6 is 0 Å². The second-order valence-corrected chi connectivity index (χ2v) is 7.93. The first-order valence-electron chi connectivity index (χ1n) is 9.93. The summed E-state index contributed by atoms with van der Waals surface area (Å²) >= 11 is 0. The van der Waals surface area contributed by atoms with Gasteiger partial charge in [0.15, 0.2) is 0 Å². The van der Waals surface area contributed by atoms with E-state index in [1.54, 1.807) is 17.1 Å². The lowest BCUT2D eigenvalue weighted by atomic mass is 10.0. The van der Waals surface area contributed by atoms with Gasteiger partial charge in [-0.05, 0) is 31.0 Å². The van der Waals surface area contributed by atoms with Crippen LogP contribution in [0, 0.1) is 6.92 Å². The minimum atomic E-state index is -0.946. The van der Waals surface area contributed by atoms with Gasteiger partial charge in [-0.15, -0.1) is 0 Å². The molecule has 0 bridgehead atoms. The Bertz CT molecular complexity index is 1200. The summed E-state index contributed by atoms with van der Waals surface area (Å²) < 4.78 is 15.9. The van der Waals surface area contributed by atoms with Crippen LogP contribution in [-0.2, 0) is 7.05 Å². The van der Waals surface area contributed by atoms with Crippen LogP contribution in [0.5, 0.6) is 0 Å². The first kappa shape index (κ1) is 18.7. The molecular formula is C21H23FN8. The number of aromatic nitrogens is 6. The number of nitrogens with one attached hydrogen (secondary N) is 1. The smallest absolute Gasteiger partial charge is 0.132 e. The predicted molar refractivity (Wildman–Crippen MR) is 114 cm³/mol. The number of alkyl halides is 1. The molecule has 4 aromatic rings. The Hall–Kier alpha value is -3.33. The van der Waals surface area contributed by atoms with Crippen molar-refractivity contribution in [3.05, 3.63) is 42.4 Å². The average molecular weight is 406 g/mol. The average Bonchev–Trinajstić information content (AvgIpc) is 3.33. The molecule has 0 radical (unpaired) electrons. The van der Waals surface area contributed by atoms with E-state index in [1.807, 2.05) is 43.3 Å². The maximum atomic E-state index is 14.1. The predicted octanol–water partition coefficient (Wildman–Crippen LogP) is 2.60. The van der Waals surface area contributed by atoms with E-state index in [0.717, 1.165) is 44.9 Å². The van der Waals surface area contributed by atoms with Crippen LogP contribution in [0.25, 0.3) is 33.5 Å². The molecule has 5 rings (SSSR count). The molecule has 30 heavy (non-hydrogen) atoms. The third-order valence-electron chi connectivity index (χ3n) is 5.49.